The van der Waals surface area contributed by atoms with E-state index in [1.165, 1.54) is 101 Å². The van der Waals surface area contributed by atoms with Gasteiger partial charge in [-0.1, -0.05) is 101 Å². The second kappa shape index (κ2) is 19.5. The van der Waals surface area contributed by atoms with Gasteiger partial charge in [0, 0.05) is 25.2 Å². The number of benzene rings is 2. The fraction of sp³-hybridized carbons (Fsp3) is 0.667. The smallest absolute Gasteiger partial charge is 0.417 e. The van der Waals surface area contributed by atoms with Gasteiger partial charge in [-0.3, -0.25) is 0 Å². The number of hydrogen-bond acceptors (Lipinski definition) is 8. The molecular formula is C42H60N2O6. The topological polar surface area (TPSA) is 95.1 Å². The summed E-state index contributed by atoms with van der Waals surface area (Å²) in [7, 11) is 0. The lowest BCUT2D eigenvalue weighted by Gasteiger charge is -2.27. The van der Waals surface area contributed by atoms with Crippen molar-refractivity contribution in [3.05, 3.63) is 59.7 Å². The molecule has 8 heteroatoms. The Bertz CT molecular complexity index is 1230. The summed E-state index contributed by atoms with van der Waals surface area (Å²) in [4.78, 5) is 26.8. The summed E-state index contributed by atoms with van der Waals surface area (Å²) < 4.78 is 24.5. The minimum absolute atomic E-state index is 0.163. The number of hydrogen-bond donors (Lipinski definition) is 2. The Morgan fingerprint density at radius 3 is 1.28 bits per heavy atom. The average molecular weight is 689 g/mol. The van der Waals surface area contributed by atoms with Gasteiger partial charge in [0.05, 0.1) is 0 Å². The van der Waals surface area contributed by atoms with E-state index in [2.05, 4.69) is 34.9 Å². The molecule has 4 saturated carbocycles. The molecule has 8 nitrogen and oxygen atoms in total. The summed E-state index contributed by atoms with van der Waals surface area (Å²) in [5.74, 6) is 0.696. The Labute approximate surface area is 299 Å². The van der Waals surface area contributed by atoms with Crippen LogP contribution in [0.15, 0.2) is 48.5 Å². The van der Waals surface area contributed by atoms with E-state index in [9.17, 15) is 9.59 Å². The second-order valence-corrected chi connectivity index (χ2v) is 15.2. The van der Waals surface area contributed by atoms with Gasteiger partial charge < -0.3 is 29.6 Å². The van der Waals surface area contributed by atoms with Gasteiger partial charge in [-0.2, -0.15) is 0 Å². The highest BCUT2D eigenvalue weighted by Crippen LogP contribution is 2.39. The lowest BCUT2D eigenvalue weighted by atomic mass is 9.95. The molecule has 0 radical (unpaired) electrons. The van der Waals surface area contributed by atoms with Crippen LogP contribution in [0.5, 0.6) is 11.5 Å². The number of carbonyl (C=O) groups excluding carboxylic acids is 2. The normalized spacial score (nSPS) is 20.7. The first-order valence-corrected chi connectivity index (χ1v) is 19.9. The van der Waals surface area contributed by atoms with Crippen molar-refractivity contribution in [3.8, 4) is 11.5 Å². The molecule has 2 aromatic carbocycles. The Kier molecular flexibility index (Phi) is 14.3. The second-order valence-electron chi connectivity index (χ2n) is 15.2. The highest BCUT2D eigenvalue weighted by molar-refractivity contribution is 6.29. The summed E-state index contributed by atoms with van der Waals surface area (Å²) in [6.07, 6.45) is 20.1. The molecule has 0 aliphatic heterocycles. The summed E-state index contributed by atoms with van der Waals surface area (Å²) >= 11 is 0. The lowest BCUT2D eigenvalue weighted by molar-refractivity contribution is -0.175. The van der Waals surface area contributed by atoms with Gasteiger partial charge in [0.25, 0.3) is 0 Å². The monoisotopic (exact) mass is 688 g/mol. The van der Waals surface area contributed by atoms with Crippen LogP contribution in [0.1, 0.15) is 139 Å². The van der Waals surface area contributed by atoms with E-state index < -0.39 is 24.1 Å². The molecule has 0 amide bonds. The molecule has 2 aromatic rings. The number of ether oxygens (including phenoxy) is 4. The number of carbonyl (C=O) groups is 2. The summed E-state index contributed by atoms with van der Waals surface area (Å²) in [5, 5.41) is 7.19. The fourth-order valence-corrected chi connectivity index (χ4v) is 8.62. The zero-order valence-corrected chi connectivity index (χ0v) is 30.1. The molecule has 0 bridgehead atoms. The van der Waals surface area contributed by atoms with Gasteiger partial charge in [0.2, 0.25) is 0 Å². The highest BCUT2D eigenvalue weighted by atomic mass is 16.6. The molecule has 4 aliphatic carbocycles. The summed E-state index contributed by atoms with van der Waals surface area (Å²) in [6, 6.07) is 17.2. The Balaban J connectivity index is 1.09. The van der Waals surface area contributed by atoms with Crippen molar-refractivity contribution < 1.29 is 28.5 Å². The van der Waals surface area contributed by atoms with Crippen molar-refractivity contribution in [1.82, 2.24) is 10.6 Å². The van der Waals surface area contributed by atoms with Crippen LogP contribution in [0.3, 0.4) is 0 Å². The number of nitrogens with one attached hydrogen (secondary N) is 2. The molecule has 0 heterocycles. The van der Waals surface area contributed by atoms with E-state index >= 15 is 0 Å². The average Bonchev–Trinajstić information content (AvgIpc) is 3.91. The predicted octanol–water partition coefficient (Wildman–Crippen LogP) is 8.13. The third-order valence-electron chi connectivity index (χ3n) is 11.5. The van der Waals surface area contributed by atoms with Crippen LogP contribution in [-0.2, 0) is 19.1 Å². The SMILES string of the molecule is O=C(OC(CNC1CCCCC1)COc1ccccc1C1CCCC1)C(=O)OC(CNC1CCCCC1)COc1ccccc1C1CCCC1. The predicted molar refractivity (Wildman–Crippen MR) is 196 cm³/mol. The van der Waals surface area contributed by atoms with Crippen molar-refractivity contribution in [3.63, 3.8) is 0 Å². The van der Waals surface area contributed by atoms with Gasteiger partial charge in [-0.25, -0.2) is 9.59 Å². The van der Waals surface area contributed by atoms with Gasteiger partial charge in [0.15, 0.2) is 0 Å². The van der Waals surface area contributed by atoms with E-state index in [-0.39, 0.29) is 13.2 Å². The first kappa shape index (κ1) is 36.7. The molecule has 0 aromatic heterocycles. The van der Waals surface area contributed by atoms with Gasteiger partial charge >= 0.3 is 11.9 Å². The third-order valence-corrected chi connectivity index (χ3v) is 11.5. The van der Waals surface area contributed by atoms with Crippen molar-refractivity contribution in [2.75, 3.05) is 26.3 Å². The molecular weight excluding hydrogens is 628 g/mol. The maximum atomic E-state index is 13.4. The fourth-order valence-electron chi connectivity index (χ4n) is 8.62. The largest absolute Gasteiger partial charge is 0.489 e. The minimum Gasteiger partial charge on any atom is -0.489 e. The first-order chi connectivity index (χ1) is 24.6. The number of para-hydroxylation sites is 2. The van der Waals surface area contributed by atoms with Crippen molar-refractivity contribution >= 4 is 11.9 Å². The molecule has 0 spiro atoms. The van der Waals surface area contributed by atoms with Gasteiger partial charge in [0.1, 0.15) is 36.9 Å². The van der Waals surface area contributed by atoms with E-state index in [0.717, 1.165) is 37.2 Å². The van der Waals surface area contributed by atoms with Gasteiger partial charge in [-0.05, 0) is 86.5 Å². The first-order valence-electron chi connectivity index (χ1n) is 19.9. The lowest BCUT2D eigenvalue weighted by Crippen LogP contribution is -2.44. The quantitative estimate of drug-likeness (QED) is 0.135. The van der Waals surface area contributed by atoms with Crippen molar-refractivity contribution in [2.24, 2.45) is 0 Å². The van der Waals surface area contributed by atoms with Crippen LogP contribution in [0.25, 0.3) is 0 Å². The van der Waals surface area contributed by atoms with Crippen LogP contribution < -0.4 is 20.1 Å². The molecule has 6 rings (SSSR count). The zero-order chi connectivity index (χ0) is 34.4. The maximum Gasteiger partial charge on any atom is 0.417 e. The standard InChI is InChI=1S/C42H60N2O6/c45-41(49-35(27-43-33-19-3-1-4-20-33)29-47-39-25-13-11-23-37(39)31-15-7-8-16-31)42(46)50-36(28-44-34-21-5-2-6-22-34)30-48-40-26-14-12-24-38(40)32-17-9-10-18-32/h11-14,23-26,31-36,43-44H,1-10,15-22,27-30H2. The minimum atomic E-state index is -0.984. The summed E-state index contributed by atoms with van der Waals surface area (Å²) in [6.45, 7) is 1.17. The van der Waals surface area contributed by atoms with Crippen LogP contribution in [0, 0.1) is 0 Å². The van der Waals surface area contributed by atoms with Crippen molar-refractivity contribution in [1.29, 1.82) is 0 Å². The molecule has 2 N–H and O–H groups in total. The molecule has 2 unspecified atom stereocenters. The van der Waals surface area contributed by atoms with Crippen LogP contribution in [0.4, 0.5) is 0 Å². The third kappa shape index (κ3) is 10.9. The van der Waals surface area contributed by atoms with E-state index in [0.29, 0.717) is 37.0 Å². The molecule has 2 atom stereocenters. The molecule has 50 heavy (non-hydrogen) atoms. The van der Waals surface area contributed by atoms with Crippen LogP contribution in [-0.4, -0.2) is 62.5 Å². The van der Waals surface area contributed by atoms with Gasteiger partial charge in [-0.15, -0.1) is 0 Å². The Morgan fingerprint density at radius 2 is 0.880 bits per heavy atom. The van der Waals surface area contributed by atoms with E-state index in [1.54, 1.807) is 0 Å². The van der Waals surface area contributed by atoms with Crippen molar-refractivity contribution in [2.45, 2.75) is 152 Å². The molecule has 274 valence electrons. The van der Waals surface area contributed by atoms with Crippen LogP contribution >= 0.6 is 0 Å². The molecule has 4 fully saturated rings. The highest BCUT2D eigenvalue weighted by Gasteiger charge is 2.29. The van der Waals surface area contributed by atoms with Crippen LogP contribution in [0.2, 0.25) is 0 Å². The summed E-state index contributed by atoms with van der Waals surface area (Å²) in [5.41, 5.74) is 2.44. The molecule has 0 saturated heterocycles. The molecule has 4 aliphatic rings. The maximum absolute atomic E-state index is 13.4. The Hall–Kier alpha value is -3.10. The van der Waals surface area contributed by atoms with E-state index in [4.69, 9.17) is 18.9 Å². The number of esters is 2. The zero-order valence-electron chi connectivity index (χ0n) is 30.1. The Morgan fingerprint density at radius 1 is 0.520 bits per heavy atom. The van der Waals surface area contributed by atoms with E-state index in [1.807, 2.05) is 24.3 Å². The number of rotatable bonds is 16.